The van der Waals surface area contributed by atoms with Gasteiger partial charge in [-0.1, -0.05) is 0 Å². The number of rotatable bonds is 3. The lowest BCUT2D eigenvalue weighted by Gasteiger charge is -2.35. The Balaban J connectivity index is 2.15. The van der Waals surface area contributed by atoms with Gasteiger partial charge in [-0.05, 0) is 22.0 Å². The molecule has 1 aromatic rings. The molecule has 1 aliphatic rings. The van der Waals surface area contributed by atoms with Crippen molar-refractivity contribution in [3.05, 3.63) is 26.9 Å². The Bertz CT molecular complexity index is 462. The predicted molar refractivity (Wildman–Crippen MR) is 60.2 cm³/mol. The Morgan fingerprint density at radius 1 is 1.53 bits per heavy atom. The third-order valence-corrected chi connectivity index (χ3v) is 2.91. The van der Waals surface area contributed by atoms with Crippen LogP contribution in [0, 0.1) is 10.1 Å². The number of halogens is 3. The average Bonchev–Trinajstić information content (AvgIpc) is 2.14. The highest BCUT2D eigenvalue weighted by Gasteiger charge is 2.46. The maximum absolute atomic E-state index is 12.6. The van der Waals surface area contributed by atoms with Gasteiger partial charge in [0.1, 0.15) is 4.60 Å². The van der Waals surface area contributed by atoms with Crippen LogP contribution in [0.1, 0.15) is 12.8 Å². The van der Waals surface area contributed by atoms with Crippen molar-refractivity contribution in [2.75, 3.05) is 5.32 Å². The second kappa shape index (κ2) is 4.17. The van der Waals surface area contributed by atoms with Gasteiger partial charge in [-0.3, -0.25) is 10.1 Å². The number of pyridine rings is 1. The van der Waals surface area contributed by atoms with E-state index in [1.807, 2.05) is 0 Å². The molecule has 1 fully saturated rings. The largest absolute Gasteiger partial charge is 0.361 e. The highest BCUT2D eigenvalue weighted by molar-refractivity contribution is 9.10. The number of nitrogens with zero attached hydrogens (tertiary/aromatic N) is 2. The number of nitrogens with one attached hydrogen (secondary N) is 1. The molecule has 1 heterocycles. The van der Waals surface area contributed by atoms with Crippen LogP contribution in [0.15, 0.2) is 16.7 Å². The summed E-state index contributed by atoms with van der Waals surface area (Å²) in [5.41, 5.74) is -0.219. The van der Waals surface area contributed by atoms with Gasteiger partial charge in [0.2, 0.25) is 5.82 Å². The molecule has 0 unspecified atom stereocenters. The summed E-state index contributed by atoms with van der Waals surface area (Å²) in [6.07, 6.45) is -0.642. The Morgan fingerprint density at radius 3 is 2.71 bits per heavy atom. The molecule has 8 heteroatoms. The first-order chi connectivity index (χ1) is 7.87. The molecule has 17 heavy (non-hydrogen) atoms. The molecule has 0 spiro atoms. The van der Waals surface area contributed by atoms with Gasteiger partial charge in [-0.15, -0.1) is 0 Å². The van der Waals surface area contributed by atoms with Crippen molar-refractivity contribution >= 4 is 27.4 Å². The summed E-state index contributed by atoms with van der Waals surface area (Å²) in [7, 11) is 0. The first-order valence-electron chi connectivity index (χ1n) is 4.83. The fraction of sp³-hybridized carbons (Fsp3) is 0.444. The first-order valence-corrected chi connectivity index (χ1v) is 5.62. The van der Waals surface area contributed by atoms with E-state index in [2.05, 4.69) is 26.2 Å². The van der Waals surface area contributed by atoms with Crippen molar-refractivity contribution < 1.29 is 13.7 Å². The summed E-state index contributed by atoms with van der Waals surface area (Å²) in [5, 5.41) is 13.4. The van der Waals surface area contributed by atoms with Crippen molar-refractivity contribution in [3.8, 4) is 0 Å². The van der Waals surface area contributed by atoms with Gasteiger partial charge >= 0.3 is 5.69 Å². The Morgan fingerprint density at radius 2 is 2.18 bits per heavy atom. The quantitative estimate of drug-likeness (QED) is 0.529. The maximum Gasteiger partial charge on any atom is 0.311 e. The Labute approximate surface area is 104 Å². The molecule has 0 aliphatic heterocycles. The van der Waals surface area contributed by atoms with E-state index in [1.54, 1.807) is 0 Å². The Kier molecular flexibility index (Phi) is 2.98. The normalized spacial score (nSPS) is 18.5. The van der Waals surface area contributed by atoms with E-state index in [4.69, 9.17) is 0 Å². The summed E-state index contributed by atoms with van der Waals surface area (Å²) in [6, 6.07) is 2.24. The summed E-state index contributed by atoms with van der Waals surface area (Å²) in [6.45, 7) is 0. The number of hydrogen-bond acceptors (Lipinski definition) is 4. The average molecular weight is 308 g/mol. The number of aromatic nitrogens is 1. The van der Waals surface area contributed by atoms with Crippen molar-refractivity contribution in [3.63, 3.8) is 0 Å². The fourth-order valence-electron chi connectivity index (χ4n) is 1.64. The van der Waals surface area contributed by atoms with Crippen molar-refractivity contribution in [2.45, 2.75) is 24.8 Å². The van der Waals surface area contributed by atoms with Gasteiger partial charge in [-0.25, -0.2) is 13.8 Å². The molecule has 2 rings (SSSR count). The van der Waals surface area contributed by atoms with Gasteiger partial charge in [0.25, 0.3) is 5.92 Å². The molecule has 0 atom stereocenters. The molecule has 0 saturated heterocycles. The summed E-state index contributed by atoms with van der Waals surface area (Å²) in [4.78, 5) is 14.0. The maximum atomic E-state index is 12.6. The summed E-state index contributed by atoms with van der Waals surface area (Å²) >= 11 is 3.08. The molecule has 0 bridgehead atoms. The predicted octanol–water partition coefficient (Wildman–Crippen LogP) is 2.96. The SMILES string of the molecule is O=[N+]([O-])c1ccc(Br)nc1NC1CC(F)(F)C1. The molecule has 5 nitrogen and oxygen atoms in total. The van der Waals surface area contributed by atoms with Crippen LogP contribution in [0.2, 0.25) is 0 Å². The molecule has 0 radical (unpaired) electrons. The molecule has 0 aromatic carbocycles. The smallest absolute Gasteiger partial charge is 0.311 e. The van der Waals surface area contributed by atoms with Crippen LogP contribution in [-0.4, -0.2) is 21.9 Å². The number of alkyl halides is 2. The highest BCUT2D eigenvalue weighted by Crippen LogP contribution is 2.40. The molecule has 1 saturated carbocycles. The molecule has 1 aliphatic carbocycles. The van der Waals surface area contributed by atoms with Crippen LogP contribution >= 0.6 is 15.9 Å². The van der Waals surface area contributed by atoms with Gasteiger partial charge in [0.15, 0.2) is 0 Å². The Hall–Kier alpha value is -1.31. The molecule has 1 aromatic heterocycles. The molecule has 0 amide bonds. The van der Waals surface area contributed by atoms with E-state index in [0.717, 1.165) is 0 Å². The summed E-state index contributed by atoms with van der Waals surface area (Å²) < 4.78 is 25.7. The number of hydrogen-bond donors (Lipinski definition) is 1. The van der Waals surface area contributed by atoms with Crippen LogP contribution in [0.5, 0.6) is 0 Å². The first kappa shape index (κ1) is 12.2. The monoisotopic (exact) mass is 307 g/mol. The lowest BCUT2D eigenvalue weighted by molar-refractivity contribution is -0.384. The van der Waals surface area contributed by atoms with E-state index < -0.39 is 16.9 Å². The van der Waals surface area contributed by atoms with Crippen molar-refractivity contribution in [1.29, 1.82) is 0 Å². The highest BCUT2D eigenvalue weighted by atomic mass is 79.9. The van der Waals surface area contributed by atoms with Gasteiger partial charge in [0, 0.05) is 24.9 Å². The van der Waals surface area contributed by atoms with Crippen LogP contribution in [0.25, 0.3) is 0 Å². The second-order valence-corrected chi connectivity index (χ2v) is 4.68. The molecular formula is C9H8BrF2N3O2. The number of anilines is 1. The van der Waals surface area contributed by atoms with Crippen LogP contribution in [0.4, 0.5) is 20.3 Å². The third-order valence-electron chi connectivity index (χ3n) is 2.47. The molecule has 92 valence electrons. The molecule has 1 N–H and O–H groups in total. The number of nitro groups is 1. The zero-order valence-corrected chi connectivity index (χ0v) is 10.1. The topological polar surface area (TPSA) is 68.1 Å². The van der Waals surface area contributed by atoms with Crippen LogP contribution < -0.4 is 5.32 Å². The van der Waals surface area contributed by atoms with Crippen molar-refractivity contribution in [1.82, 2.24) is 4.98 Å². The van der Waals surface area contributed by atoms with E-state index in [9.17, 15) is 18.9 Å². The van der Waals surface area contributed by atoms with Gasteiger partial charge in [-0.2, -0.15) is 0 Å². The van der Waals surface area contributed by atoms with E-state index >= 15 is 0 Å². The minimum atomic E-state index is -2.67. The summed E-state index contributed by atoms with van der Waals surface area (Å²) in [5.74, 6) is -2.65. The van der Waals surface area contributed by atoms with Crippen LogP contribution in [0.3, 0.4) is 0 Å². The second-order valence-electron chi connectivity index (χ2n) is 3.86. The van der Waals surface area contributed by atoms with Gasteiger partial charge in [0.05, 0.1) is 4.92 Å². The molecular weight excluding hydrogens is 300 g/mol. The van der Waals surface area contributed by atoms with Crippen LogP contribution in [-0.2, 0) is 0 Å². The lowest BCUT2D eigenvalue weighted by Crippen LogP contribution is -2.44. The fourth-order valence-corrected chi connectivity index (χ4v) is 1.95. The van der Waals surface area contributed by atoms with E-state index in [0.29, 0.717) is 4.60 Å². The van der Waals surface area contributed by atoms with E-state index in [1.165, 1.54) is 12.1 Å². The lowest BCUT2D eigenvalue weighted by atomic mass is 9.88. The van der Waals surface area contributed by atoms with Gasteiger partial charge < -0.3 is 5.32 Å². The zero-order valence-electron chi connectivity index (χ0n) is 8.49. The van der Waals surface area contributed by atoms with Crippen molar-refractivity contribution in [2.24, 2.45) is 0 Å². The zero-order chi connectivity index (χ0) is 12.6. The van der Waals surface area contributed by atoms with E-state index in [-0.39, 0.29) is 24.3 Å². The third kappa shape index (κ3) is 2.68. The minimum absolute atomic E-state index is 0.0184. The standard InChI is InChI=1S/C9H8BrF2N3O2/c10-7-2-1-6(15(16)17)8(14-7)13-5-3-9(11,12)4-5/h1-2,5H,3-4H2,(H,13,14). The minimum Gasteiger partial charge on any atom is -0.361 e.